The van der Waals surface area contributed by atoms with E-state index >= 15 is 0 Å². The van der Waals surface area contributed by atoms with Gasteiger partial charge in [0.05, 0.1) is 31.1 Å². The molecule has 0 saturated carbocycles. The number of rotatable bonds is 8. The molecule has 1 aliphatic heterocycles. The lowest BCUT2D eigenvalue weighted by atomic mass is 10.2. The van der Waals surface area contributed by atoms with Crippen molar-refractivity contribution in [1.82, 2.24) is 19.9 Å². The summed E-state index contributed by atoms with van der Waals surface area (Å²) >= 11 is 0. The van der Waals surface area contributed by atoms with Crippen LogP contribution in [-0.2, 0) is 20.7 Å². The third-order valence-electron chi connectivity index (χ3n) is 5.08. The molecule has 11 heteroatoms. The number of aromatic nitrogens is 3. The van der Waals surface area contributed by atoms with E-state index < -0.39 is 24.0 Å². The molecule has 0 radical (unpaired) electrons. The minimum absolute atomic E-state index is 0.0356. The van der Waals surface area contributed by atoms with Crippen molar-refractivity contribution in [1.29, 1.82) is 0 Å². The Morgan fingerprint density at radius 3 is 2.85 bits per heavy atom. The topological polar surface area (TPSA) is 116 Å². The number of carbonyl (C=O) groups is 3. The van der Waals surface area contributed by atoms with Crippen molar-refractivity contribution in [2.24, 2.45) is 0 Å². The minimum Gasteiger partial charge on any atom is -0.461 e. The van der Waals surface area contributed by atoms with Gasteiger partial charge in [-0.25, -0.2) is 19.0 Å². The SMILES string of the molecule is CC(=O)NCC1CN(c2ccc(-n3cnc(C(=O)OCCc4ccccn4)c3)c(F)c2)C(=O)O1. The van der Waals surface area contributed by atoms with E-state index in [-0.39, 0.29) is 37.0 Å². The van der Waals surface area contributed by atoms with Crippen molar-refractivity contribution in [2.45, 2.75) is 19.4 Å². The molecule has 1 unspecified atom stereocenters. The zero-order valence-electron chi connectivity index (χ0n) is 18.3. The van der Waals surface area contributed by atoms with E-state index in [2.05, 4.69) is 15.3 Å². The van der Waals surface area contributed by atoms with Crippen molar-refractivity contribution in [2.75, 3.05) is 24.6 Å². The highest BCUT2D eigenvalue weighted by Crippen LogP contribution is 2.25. The quantitative estimate of drug-likeness (QED) is 0.505. The van der Waals surface area contributed by atoms with Crippen LogP contribution in [0.5, 0.6) is 0 Å². The standard InChI is InChI=1S/C23H22FN5O5/c1-15(30)26-11-18-12-29(23(32)34-18)17-5-6-21(19(24)10-17)28-13-20(27-14-28)22(31)33-9-7-16-4-2-3-8-25-16/h2-6,8,10,13-14,18H,7,9,11-12H2,1H3,(H,26,30). The Labute approximate surface area is 194 Å². The fourth-order valence-corrected chi connectivity index (χ4v) is 3.40. The summed E-state index contributed by atoms with van der Waals surface area (Å²) in [6, 6.07) is 9.71. The second-order valence-corrected chi connectivity index (χ2v) is 7.56. The lowest BCUT2D eigenvalue weighted by Crippen LogP contribution is -2.33. The van der Waals surface area contributed by atoms with Crippen LogP contribution in [0.1, 0.15) is 23.1 Å². The number of cyclic esters (lactones) is 1. The van der Waals surface area contributed by atoms with Crippen molar-refractivity contribution in [3.63, 3.8) is 0 Å². The number of amides is 2. The average molecular weight is 467 g/mol. The predicted molar refractivity (Wildman–Crippen MR) is 118 cm³/mol. The highest BCUT2D eigenvalue weighted by Gasteiger charge is 2.32. The summed E-state index contributed by atoms with van der Waals surface area (Å²) in [5, 5.41) is 2.59. The monoisotopic (exact) mass is 467 g/mol. The Hall–Kier alpha value is -4.28. The van der Waals surface area contributed by atoms with E-state index in [1.807, 2.05) is 12.1 Å². The molecular weight excluding hydrogens is 445 g/mol. The van der Waals surface area contributed by atoms with Crippen molar-refractivity contribution in [3.8, 4) is 5.69 Å². The van der Waals surface area contributed by atoms with Crippen molar-refractivity contribution >= 4 is 23.7 Å². The molecule has 0 spiro atoms. The number of halogens is 1. The molecule has 3 aromatic rings. The van der Waals surface area contributed by atoms with Crippen molar-refractivity contribution in [3.05, 3.63) is 72.3 Å². The summed E-state index contributed by atoms with van der Waals surface area (Å²) < 4.78 is 26.6. The maximum atomic E-state index is 14.9. The number of benzene rings is 1. The molecule has 1 N–H and O–H groups in total. The molecule has 1 fully saturated rings. The molecule has 3 heterocycles. The molecule has 0 aliphatic carbocycles. The number of esters is 1. The number of imidazole rings is 1. The Morgan fingerprint density at radius 2 is 2.12 bits per heavy atom. The number of carbonyl (C=O) groups excluding carboxylic acids is 3. The molecule has 1 saturated heterocycles. The molecule has 10 nitrogen and oxygen atoms in total. The molecule has 1 aliphatic rings. The summed E-state index contributed by atoms with van der Waals surface area (Å²) in [7, 11) is 0. The van der Waals surface area contributed by atoms with E-state index in [1.165, 1.54) is 41.0 Å². The first kappa shape index (κ1) is 22.9. The number of nitrogens with one attached hydrogen (secondary N) is 1. The lowest BCUT2D eigenvalue weighted by Gasteiger charge is -2.14. The summed E-state index contributed by atoms with van der Waals surface area (Å²) in [6.07, 6.45) is 3.65. The van der Waals surface area contributed by atoms with Gasteiger partial charge in [0.25, 0.3) is 0 Å². The Morgan fingerprint density at radius 1 is 1.26 bits per heavy atom. The third kappa shape index (κ3) is 5.37. The molecule has 2 amide bonds. The number of pyridine rings is 1. The van der Waals surface area contributed by atoms with Gasteiger partial charge in [-0.15, -0.1) is 0 Å². The van der Waals surface area contributed by atoms with Crippen LogP contribution in [0.15, 0.2) is 55.1 Å². The number of ether oxygens (including phenoxy) is 2. The van der Waals surface area contributed by atoms with E-state index in [4.69, 9.17) is 9.47 Å². The number of hydrogen-bond acceptors (Lipinski definition) is 7. The first-order valence-corrected chi connectivity index (χ1v) is 10.5. The number of anilines is 1. The zero-order valence-corrected chi connectivity index (χ0v) is 18.3. The molecular formula is C23H22FN5O5. The van der Waals surface area contributed by atoms with Gasteiger partial charge in [-0.3, -0.25) is 14.7 Å². The van der Waals surface area contributed by atoms with Crippen molar-refractivity contribution < 1.29 is 28.2 Å². The maximum absolute atomic E-state index is 14.9. The lowest BCUT2D eigenvalue weighted by molar-refractivity contribution is -0.119. The van der Waals surface area contributed by atoms with Crippen LogP contribution in [0.25, 0.3) is 5.69 Å². The smallest absolute Gasteiger partial charge is 0.414 e. The van der Waals surface area contributed by atoms with Gasteiger partial charge in [-0.05, 0) is 30.3 Å². The molecule has 34 heavy (non-hydrogen) atoms. The largest absolute Gasteiger partial charge is 0.461 e. The second kappa shape index (κ2) is 10.1. The summed E-state index contributed by atoms with van der Waals surface area (Å²) in [4.78, 5) is 44.9. The van der Waals surface area contributed by atoms with Crippen LogP contribution in [0.3, 0.4) is 0 Å². The molecule has 0 bridgehead atoms. The Balaban J connectivity index is 1.38. The van der Waals surface area contributed by atoms with Gasteiger partial charge in [0.1, 0.15) is 18.2 Å². The zero-order chi connectivity index (χ0) is 24.1. The molecule has 4 rings (SSSR count). The number of hydrogen-bond donors (Lipinski definition) is 1. The van der Waals surface area contributed by atoms with Gasteiger partial charge >= 0.3 is 12.1 Å². The minimum atomic E-state index is -0.628. The normalized spacial score (nSPS) is 15.2. The van der Waals surface area contributed by atoms with Gasteiger partial charge in [-0.1, -0.05) is 6.07 Å². The summed E-state index contributed by atoms with van der Waals surface area (Å²) in [5.74, 6) is -1.48. The molecule has 2 aromatic heterocycles. The Bertz CT molecular complexity index is 1200. The van der Waals surface area contributed by atoms with Crippen LogP contribution >= 0.6 is 0 Å². The van der Waals surface area contributed by atoms with Gasteiger partial charge < -0.3 is 19.4 Å². The van der Waals surface area contributed by atoms with Gasteiger partial charge in [-0.2, -0.15) is 0 Å². The first-order chi connectivity index (χ1) is 16.4. The van der Waals surface area contributed by atoms with Gasteiger partial charge in [0.15, 0.2) is 5.69 Å². The molecule has 176 valence electrons. The maximum Gasteiger partial charge on any atom is 0.414 e. The van der Waals surface area contributed by atoms with E-state index in [0.717, 1.165) is 5.69 Å². The predicted octanol–water partition coefficient (Wildman–Crippen LogP) is 2.27. The Kier molecular flexibility index (Phi) is 6.81. The van der Waals surface area contributed by atoms with Crippen LogP contribution in [0.4, 0.5) is 14.9 Å². The fourth-order valence-electron chi connectivity index (χ4n) is 3.40. The van der Waals surface area contributed by atoms with E-state index in [1.54, 1.807) is 18.3 Å². The summed E-state index contributed by atoms with van der Waals surface area (Å²) in [5.41, 5.74) is 1.29. The van der Waals surface area contributed by atoms with Crippen LogP contribution in [0.2, 0.25) is 0 Å². The first-order valence-electron chi connectivity index (χ1n) is 10.5. The van der Waals surface area contributed by atoms with E-state index in [9.17, 15) is 18.8 Å². The highest BCUT2D eigenvalue weighted by molar-refractivity contribution is 5.90. The van der Waals surface area contributed by atoms with E-state index in [0.29, 0.717) is 12.1 Å². The average Bonchev–Trinajstić information content (AvgIpc) is 3.45. The van der Waals surface area contributed by atoms with Gasteiger partial charge in [0, 0.05) is 31.4 Å². The van der Waals surface area contributed by atoms with Crippen LogP contribution in [-0.4, -0.2) is 58.3 Å². The highest BCUT2D eigenvalue weighted by atomic mass is 19.1. The fraction of sp³-hybridized carbons (Fsp3) is 0.261. The third-order valence-corrected chi connectivity index (χ3v) is 5.08. The van der Waals surface area contributed by atoms with Gasteiger partial charge in [0.2, 0.25) is 5.91 Å². The summed E-state index contributed by atoms with van der Waals surface area (Å²) in [6.45, 7) is 1.86. The van der Waals surface area contributed by atoms with Crippen LogP contribution < -0.4 is 10.2 Å². The molecule has 1 atom stereocenters. The molecule has 1 aromatic carbocycles. The second-order valence-electron chi connectivity index (χ2n) is 7.56. The van der Waals surface area contributed by atoms with Crippen LogP contribution in [0, 0.1) is 5.82 Å². The number of nitrogens with zero attached hydrogens (tertiary/aromatic N) is 4.